The molecule has 0 saturated carbocycles. The summed E-state index contributed by atoms with van der Waals surface area (Å²) in [5.74, 6) is 0.0743. The van der Waals surface area contributed by atoms with Crippen LogP contribution in [0, 0.1) is 5.41 Å². The van der Waals surface area contributed by atoms with Gasteiger partial charge < -0.3 is 9.26 Å². The van der Waals surface area contributed by atoms with E-state index in [9.17, 15) is 9.36 Å². The minimum Gasteiger partial charge on any atom is -0.464 e. The van der Waals surface area contributed by atoms with Gasteiger partial charge in [-0.25, -0.2) is 5.09 Å². The fourth-order valence-corrected chi connectivity index (χ4v) is 3.70. The first-order chi connectivity index (χ1) is 11.6. The summed E-state index contributed by atoms with van der Waals surface area (Å²) in [5, 5.41) is 4.63. The number of nitrogens with one attached hydrogen (secondary N) is 1. The average Bonchev–Trinajstić information content (AvgIpc) is 2.51. The summed E-state index contributed by atoms with van der Waals surface area (Å²) in [6.45, 7) is 9.32. The SMILES string of the molecule is C[C@@H](NP(C)(=O)Oc1cccc2ccccc12)C(=O)OCC(C)(C)C. The van der Waals surface area contributed by atoms with Gasteiger partial charge in [0.2, 0.25) is 0 Å². The van der Waals surface area contributed by atoms with E-state index in [1.807, 2.05) is 57.2 Å². The molecule has 0 aromatic heterocycles. The molecule has 25 heavy (non-hydrogen) atoms. The lowest BCUT2D eigenvalue weighted by Gasteiger charge is -2.23. The molecule has 2 rings (SSSR count). The van der Waals surface area contributed by atoms with E-state index in [2.05, 4.69) is 5.09 Å². The number of rotatable bonds is 6. The Morgan fingerprint density at radius 1 is 1.16 bits per heavy atom. The molecule has 0 bridgehead atoms. The summed E-state index contributed by atoms with van der Waals surface area (Å²) in [6.07, 6.45) is 0. The zero-order valence-corrected chi connectivity index (χ0v) is 16.3. The van der Waals surface area contributed by atoms with Crippen LogP contribution in [0.2, 0.25) is 0 Å². The molecule has 0 fully saturated rings. The van der Waals surface area contributed by atoms with E-state index in [4.69, 9.17) is 9.26 Å². The van der Waals surface area contributed by atoms with Crippen molar-refractivity contribution in [3.8, 4) is 5.75 Å². The Morgan fingerprint density at radius 3 is 2.48 bits per heavy atom. The zero-order valence-electron chi connectivity index (χ0n) is 15.4. The standard InChI is InChI=1S/C19H26NO4P/c1-14(18(21)23-13-19(2,3)4)20-25(5,22)24-17-12-8-10-15-9-6-7-11-16(15)17/h6-12,14H,13H2,1-5H3,(H,20,22)/t14-,25?/m1/s1. The van der Waals surface area contributed by atoms with Crippen molar-refractivity contribution < 1.29 is 18.6 Å². The van der Waals surface area contributed by atoms with Crippen molar-refractivity contribution in [3.05, 3.63) is 42.5 Å². The monoisotopic (exact) mass is 363 g/mol. The van der Waals surface area contributed by atoms with Crippen molar-refractivity contribution >= 4 is 24.3 Å². The van der Waals surface area contributed by atoms with Gasteiger partial charge in [0, 0.05) is 12.1 Å². The van der Waals surface area contributed by atoms with Crippen molar-refractivity contribution in [2.24, 2.45) is 5.41 Å². The van der Waals surface area contributed by atoms with E-state index in [-0.39, 0.29) is 5.41 Å². The molecule has 0 aliphatic carbocycles. The predicted octanol–water partition coefficient (Wildman–Crippen LogP) is 4.61. The van der Waals surface area contributed by atoms with E-state index in [0.717, 1.165) is 10.8 Å². The predicted molar refractivity (Wildman–Crippen MR) is 101 cm³/mol. The third kappa shape index (κ3) is 5.87. The summed E-state index contributed by atoms with van der Waals surface area (Å²) in [7, 11) is -3.24. The van der Waals surface area contributed by atoms with Gasteiger partial charge in [0.15, 0.2) is 0 Å². The summed E-state index contributed by atoms with van der Waals surface area (Å²) < 4.78 is 23.8. The van der Waals surface area contributed by atoms with Crippen LogP contribution in [-0.2, 0) is 14.1 Å². The number of fused-ring (bicyclic) bond motifs is 1. The summed E-state index contributed by atoms with van der Waals surface area (Å²) >= 11 is 0. The van der Waals surface area contributed by atoms with Gasteiger partial charge in [0.05, 0.1) is 6.61 Å². The lowest BCUT2D eigenvalue weighted by atomic mass is 9.99. The smallest absolute Gasteiger partial charge is 0.323 e. The number of hydrogen-bond acceptors (Lipinski definition) is 4. The number of ether oxygens (including phenoxy) is 1. The van der Waals surface area contributed by atoms with Crippen LogP contribution in [0.3, 0.4) is 0 Å². The van der Waals surface area contributed by atoms with Crippen molar-refractivity contribution in [1.29, 1.82) is 0 Å². The van der Waals surface area contributed by atoms with Crippen LogP contribution >= 0.6 is 7.52 Å². The molecule has 0 saturated heterocycles. The Balaban J connectivity index is 2.06. The Bertz CT molecular complexity index is 792. The molecule has 0 aliphatic rings. The molecule has 0 aliphatic heterocycles. The molecule has 0 radical (unpaired) electrons. The number of carbonyl (C=O) groups excluding carboxylic acids is 1. The van der Waals surface area contributed by atoms with E-state index in [1.165, 1.54) is 6.66 Å². The number of carbonyl (C=O) groups is 1. The van der Waals surface area contributed by atoms with Gasteiger partial charge in [0.25, 0.3) is 0 Å². The number of esters is 1. The Hall–Kier alpha value is -1.84. The van der Waals surface area contributed by atoms with Crippen LogP contribution < -0.4 is 9.61 Å². The van der Waals surface area contributed by atoms with Crippen LogP contribution in [0.4, 0.5) is 0 Å². The van der Waals surface area contributed by atoms with Gasteiger partial charge in [-0.2, -0.15) is 0 Å². The Morgan fingerprint density at radius 2 is 1.80 bits per heavy atom. The van der Waals surface area contributed by atoms with Gasteiger partial charge in [-0.3, -0.25) is 9.36 Å². The largest absolute Gasteiger partial charge is 0.464 e. The molecule has 136 valence electrons. The Labute approximate surface area is 149 Å². The fourth-order valence-electron chi connectivity index (χ4n) is 2.31. The maximum Gasteiger partial charge on any atom is 0.323 e. The molecule has 0 spiro atoms. The van der Waals surface area contributed by atoms with Crippen molar-refractivity contribution in [2.45, 2.75) is 33.7 Å². The van der Waals surface area contributed by atoms with Crippen LogP contribution in [0.1, 0.15) is 27.7 Å². The van der Waals surface area contributed by atoms with Crippen LogP contribution in [0.15, 0.2) is 42.5 Å². The maximum atomic E-state index is 12.8. The third-order valence-corrected chi connectivity index (χ3v) is 4.85. The highest BCUT2D eigenvalue weighted by molar-refractivity contribution is 7.56. The molecule has 6 heteroatoms. The summed E-state index contributed by atoms with van der Waals surface area (Å²) in [6, 6.07) is 12.5. The molecular weight excluding hydrogens is 337 g/mol. The summed E-state index contributed by atoms with van der Waals surface area (Å²) in [5.41, 5.74) is -0.120. The topological polar surface area (TPSA) is 64.6 Å². The zero-order chi connectivity index (χ0) is 18.7. The second-order valence-corrected chi connectivity index (χ2v) is 9.57. The molecule has 5 nitrogen and oxygen atoms in total. The van der Waals surface area contributed by atoms with Crippen molar-refractivity contribution in [3.63, 3.8) is 0 Å². The van der Waals surface area contributed by atoms with E-state index in [0.29, 0.717) is 12.4 Å². The lowest BCUT2D eigenvalue weighted by Crippen LogP contribution is -2.35. The van der Waals surface area contributed by atoms with Crippen molar-refractivity contribution in [1.82, 2.24) is 5.09 Å². The molecule has 1 unspecified atom stereocenters. The molecule has 0 heterocycles. The first kappa shape index (κ1) is 19.5. The van der Waals surface area contributed by atoms with Gasteiger partial charge in [-0.1, -0.05) is 57.2 Å². The van der Waals surface area contributed by atoms with Gasteiger partial charge in [-0.05, 0) is 23.8 Å². The minimum absolute atomic E-state index is 0.120. The second-order valence-electron chi connectivity index (χ2n) is 7.43. The molecule has 2 atom stereocenters. The van der Waals surface area contributed by atoms with Crippen LogP contribution in [0.25, 0.3) is 10.8 Å². The first-order valence-corrected chi connectivity index (χ1v) is 10.3. The van der Waals surface area contributed by atoms with E-state index >= 15 is 0 Å². The molecule has 2 aromatic rings. The third-order valence-electron chi connectivity index (χ3n) is 3.45. The highest BCUT2D eigenvalue weighted by Crippen LogP contribution is 2.42. The highest BCUT2D eigenvalue weighted by Gasteiger charge is 2.27. The lowest BCUT2D eigenvalue weighted by molar-refractivity contribution is -0.148. The van der Waals surface area contributed by atoms with Crippen LogP contribution in [-0.4, -0.2) is 25.3 Å². The molecular formula is C19H26NO4P. The maximum absolute atomic E-state index is 12.8. The van der Waals surface area contributed by atoms with E-state index in [1.54, 1.807) is 13.0 Å². The minimum atomic E-state index is -3.24. The van der Waals surface area contributed by atoms with Crippen molar-refractivity contribution in [2.75, 3.05) is 13.3 Å². The Kier molecular flexibility index (Phi) is 5.91. The first-order valence-electron chi connectivity index (χ1n) is 8.27. The highest BCUT2D eigenvalue weighted by atomic mass is 31.2. The molecule has 1 N–H and O–H groups in total. The quantitative estimate of drug-likeness (QED) is 0.600. The second kappa shape index (κ2) is 7.59. The number of benzene rings is 2. The normalized spacial score (nSPS) is 15.4. The van der Waals surface area contributed by atoms with Gasteiger partial charge in [-0.15, -0.1) is 0 Å². The van der Waals surface area contributed by atoms with Crippen LogP contribution in [0.5, 0.6) is 5.75 Å². The fraction of sp³-hybridized carbons (Fsp3) is 0.421. The molecule has 2 aromatic carbocycles. The molecule has 0 amide bonds. The van der Waals surface area contributed by atoms with E-state index < -0.39 is 19.5 Å². The summed E-state index contributed by atoms with van der Waals surface area (Å²) in [4.78, 5) is 12.1. The van der Waals surface area contributed by atoms with Gasteiger partial charge in [0.1, 0.15) is 11.8 Å². The van der Waals surface area contributed by atoms with Gasteiger partial charge >= 0.3 is 13.5 Å². The number of hydrogen-bond donors (Lipinski definition) is 1. The average molecular weight is 363 g/mol.